The van der Waals surface area contributed by atoms with Crippen LogP contribution in [0.1, 0.15) is 27.8 Å². The van der Waals surface area contributed by atoms with Crippen molar-refractivity contribution in [2.24, 2.45) is 0 Å². The summed E-state index contributed by atoms with van der Waals surface area (Å²) >= 11 is 0. The molecule has 3 rings (SSSR count). The molecule has 0 radical (unpaired) electrons. The van der Waals surface area contributed by atoms with Crippen LogP contribution in [0.4, 0.5) is 0 Å². The van der Waals surface area contributed by atoms with Crippen LogP contribution in [0, 0.1) is 0 Å². The minimum absolute atomic E-state index is 0.0866. The molecule has 1 aromatic heterocycles. The standard InChI is InChI=1S/C19H22N2O5/c1-3-25-15-7-6-14(13-17(15)24-2)18(22)20-8-10-21(11-9-20)19(23)16-5-4-12-26-16/h4-7,12-13H,3,8-11H2,1-2H3. The van der Waals surface area contributed by atoms with E-state index >= 15 is 0 Å². The summed E-state index contributed by atoms with van der Waals surface area (Å²) in [7, 11) is 1.55. The Morgan fingerprint density at radius 1 is 1.04 bits per heavy atom. The van der Waals surface area contributed by atoms with Gasteiger partial charge < -0.3 is 23.7 Å². The van der Waals surface area contributed by atoms with Gasteiger partial charge in [0.15, 0.2) is 17.3 Å². The van der Waals surface area contributed by atoms with E-state index < -0.39 is 0 Å². The highest BCUT2D eigenvalue weighted by Gasteiger charge is 2.27. The Labute approximate surface area is 152 Å². The van der Waals surface area contributed by atoms with Gasteiger partial charge in [-0.15, -0.1) is 0 Å². The molecule has 0 N–H and O–H groups in total. The molecule has 0 unspecified atom stereocenters. The van der Waals surface area contributed by atoms with E-state index in [1.54, 1.807) is 47.2 Å². The lowest BCUT2D eigenvalue weighted by atomic mass is 10.1. The van der Waals surface area contributed by atoms with Crippen LogP contribution in [0.2, 0.25) is 0 Å². The Morgan fingerprint density at radius 3 is 2.31 bits per heavy atom. The zero-order valence-electron chi connectivity index (χ0n) is 14.9. The third-order valence-electron chi connectivity index (χ3n) is 4.30. The van der Waals surface area contributed by atoms with Crippen LogP contribution >= 0.6 is 0 Å². The van der Waals surface area contributed by atoms with Gasteiger partial charge in [0.1, 0.15) is 0 Å². The van der Waals surface area contributed by atoms with Gasteiger partial charge in [-0.2, -0.15) is 0 Å². The molecule has 1 fully saturated rings. The molecule has 0 spiro atoms. The van der Waals surface area contributed by atoms with Crippen LogP contribution in [0.3, 0.4) is 0 Å². The van der Waals surface area contributed by atoms with Gasteiger partial charge >= 0.3 is 0 Å². The molecule has 7 nitrogen and oxygen atoms in total. The van der Waals surface area contributed by atoms with E-state index in [1.165, 1.54) is 6.26 Å². The molecule has 1 saturated heterocycles. The van der Waals surface area contributed by atoms with E-state index in [4.69, 9.17) is 13.9 Å². The maximum Gasteiger partial charge on any atom is 0.289 e. The number of carbonyl (C=O) groups is 2. The molecule has 7 heteroatoms. The molecule has 26 heavy (non-hydrogen) atoms. The zero-order chi connectivity index (χ0) is 18.5. The average molecular weight is 358 g/mol. The molecule has 2 aromatic rings. The highest BCUT2D eigenvalue weighted by Crippen LogP contribution is 2.28. The Bertz CT molecular complexity index is 764. The highest BCUT2D eigenvalue weighted by molar-refractivity contribution is 5.95. The van der Waals surface area contributed by atoms with Gasteiger partial charge in [-0.05, 0) is 37.3 Å². The van der Waals surface area contributed by atoms with E-state index in [-0.39, 0.29) is 11.8 Å². The lowest BCUT2D eigenvalue weighted by Gasteiger charge is -2.34. The minimum Gasteiger partial charge on any atom is -0.493 e. The molecule has 0 saturated carbocycles. The second-order valence-electron chi connectivity index (χ2n) is 5.86. The molecule has 0 atom stereocenters. The zero-order valence-corrected chi connectivity index (χ0v) is 14.9. The minimum atomic E-state index is -0.148. The van der Waals surface area contributed by atoms with Crippen molar-refractivity contribution in [2.75, 3.05) is 39.9 Å². The second kappa shape index (κ2) is 7.95. The molecule has 0 aliphatic carbocycles. The monoisotopic (exact) mass is 358 g/mol. The van der Waals surface area contributed by atoms with Gasteiger partial charge in [-0.3, -0.25) is 9.59 Å². The van der Waals surface area contributed by atoms with Gasteiger partial charge in [0, 0.05) is 31.7 Å². The van der Waals surface area contributed by atoms with Crippen molar-refractivity contribution in [3.05, 3.63) is 47.9 Å². The average Bonchev–Trinajstić information content (AvgIpc) is 3.22. The lowest BCUT2D eigenvalue weighted by molar-refractivity contribution is 0.0518. The normalized spacial score (nSPS) is 14.2. The summed E-state index contributed by atoms with van der Waals surface area (Å²) in [6.45, 7) is 4.30. The number of ether oxygens (including phenoxy) is 2. The Kier molecular flexibility index (Phi) is 5.46. The summed E-state index contributed by atoms with van der Waals surface area (Å²) < 4.78 is 15.9. The van der Waals surface area contributed by atoms with Crippen molar-refractivity contribution >= 4 is 11.8 Å². The Balaban J connectivity index is 1.64. The molecule has 1 aliphatic heterocycles. The first-order valence-corrected chi connectivity index (χ1v) is 8.57. The van der Waals surface area contributed by atoms with Crippen LogP contribution in [0.15, 0.2) is 41.0 Å². The molecule has 0 bridgehead atoms. The fraction of sp³-hybridized carbons (Fsp3) is 0.368. The van der Waals surface area contributed by atoms with E-state index in [2.05, 4.69) is 0 Å². The molecule has 138 valence electrons. The summed E-state index contributed by atoms with van der Waals surface area (Å²) in [6, 6.07) is 8.49. The highest BCUT2D eigenvalue weighted by atomic mass is 16.5. The van der Waals surface area contributed by atoms with Gasteiger partial charge in [0.05, 0.1) is 20.0 Å². The summed E-state index contributed by atoms with van der Waals surface area (Å²) in [4.78, 5) is 28.5. The third-order valence-corrected chi connectivity index (χ3v) is 4.30. The van der Waals surface area contributed by atoms with Gasteiger partial charge in [0.25, 0.3) is 11.8 Å². The van der Waals surface area contributed by atoms with Crippen molar-refractivity contribution in [1.82, 2.24) is 9.80 Å². The molecule has 2 heterocycles. The van der Waals surface area contributed by atoms with Crippen molar-refractivity contribution in [3.8, 4) is 11.5 Å². The fourth-order valence-electron chi connectivity index (χ4n) is 2.93. The van der Waals surface area contributed by atoms with Crippen molar-refractivity contribution in [2.45, 2.75) is 6.92 Å². The molecule has 2 amide bonds. The number of piperazine rings is 1. The third kappa shape index (κ3) is 3.66. The second-order valence-corrected chi connectivity index (χ2v) is 5.86. The number of rotatable bonds is 5. The van der Waals surface area contributed by atoms with Crippen molar-refractivity contribution in [3.63, 3.8) is 0 Å². The number of carbonyl (C=O) groups excluding carboxylic acids is 2. The number of hydrogen-bond acceptors (Lipinski definition) is 5. The summed E-state index contributed by atoms with van der Waals surface area (Å²) in [5, 5.41) is 0. The smallest absolute Gasteiger partial charge is 0.289 e. The summed E-state index contributed by atoms with van der Waals surface area (Å²) in [6.07, 6.45) is 1.48. The van der Waals surface area contributed by atoms with Crippen LogP contribution in [0.5, 0.6) is 11.5 Å². The number of amides is 2. The first-order valence-electron chi connectivity index (χ1n) is 8.57. The number of methoxy groups -OCH3 is 1. The van der Waals surface area contributed by atoms with Crippen molar-refractivity contribution in [1.29, 1.82) is 0 Å². The molecular weight excluding hydrogens is 336 g/mol. The van der Waals surface area contributed by atoms with Crippen LogP contribution < -0.4 is 9.47 Å². The van der Waals surface area contributed by atoms with Gasteiger partial charge in [-0.1, -0.05) is 0 Å². The topological polar surface area (TPSA) is 72.2 Å². The van der Waals surface area contributed by atoms with E-state index in [0.29, 0.717) is 55.6 Å². The van der Waals surface area contributed by atoms with Crippen LogP contribution in [-0.4, -0.2) is 61.5 Å². The van der Waals surface area contributed by atoms with Crippen LogP contribution in [0.25, 0.3) is 0 Å². The van der Waals surface area contributed by atoms with E-state index in [0.717, 1.165) is 0 Å². The number of hydrogen-bond donors (Lipinski definition) is 0. The number of furan rings is 1. The fourth-order valence-corrected chi connectivity index (χ4v) is 2.93. The first-order chi connectivity index (χ1) is 12.6. The molecule has 1 aliphatic rings. The largest absolute Gasteiger partial charge is 0.493 e. The molecule has 1 aromatic carbocycles. The van der Waals surface area contributed by atoms with Gasteiger partial charge in [-0.25, -0.2) is 0 Å². The Hall–Kier alpha value is -2.96. The summed E-state index contributed by atoms with van der Waals surface area (Å²) in [5.74, 6) is 1.23. The Morgan fingerprint density at radius 2 is 1.73 bits per heavy atom. The number of benzene rings is 1. The van der Waals surface area contributed by atoms with E-state index in [1.807, 2.05) is 6.92 Å². The van der Waals surface area contributed by atoms with Crippen molar-refractivity contribution < 1.29 is 23.5 Å². The molecular formula is C19H22N2O5. The van der Waals surface area contributed by atoms with Crippen LogP contribution in [-0.2, 0) is 0 Å². The predicted octanol–water partition coefficient (Wildman–Crippen LogP) is 2.29. The first kappa shape index (κ1) is 17.8. The lowest BCUT2D eigenvalue weighted by Crippen LogP contribution is -2.50. The maximum atomic E-state index is 12.7. The SMILES string of the molecule is CCOc1ccc(C(=O)N2CCN(C(=O)c3ccco3)CC2)cc1OC. The quantitative estimate of drug-likeness (QED) is 0.820. The summed E-state index contributed by atoms with van der Waals surface area (Å²) in [5.41, 5.74) is 0.538. The predicted molar refractivity (Wildman–Crippen MR) is 94.7 cm³/mol. The number of nitrogens with zero attached hydrogens (tertiary/aromatic N) is 2. The van der Waals surface area contributed by atoms with E-state index in [9.17, 15) is 9.59 Å². The van der Waals surface area contributed by atoms with Gasteiger partial charge in [0.2, 0.25) is 0 Å². The maximum absolute atomic E-state index is 12.7.